The third kappa shape index (κ3) is 1.99. The Morgan fingerprint density at radius 1 is 1.37 bits per heavy atom. The van der Waals surface area contributed by atoms with E-state index in [1.807, 2.05) is 12.1 Å². The number of rotatable bonds is 2. The maximum atomic E-state index is 12.1. The van der Waals surface area contributed by atoms with E-state index in [1.165, 1.54) is 17.0 Å². The van der Waals surface area contributed by atoms with Crippen LogP contribution in [0, 0.1) is 0 Å². The quantitative estimate of drug-likeness (QED) is 0.900. The molecule has 2 amide bonds. The molecule has 1 aliphatic rings. The molecule has 5 heteroatoms. The molecule has 0 saturated heterocycles. The average Bonchev–Trinajstić information content (AvgIpc) is 2.47. The topological polar surface area (TPSA) is 54.5 Å². The molecule has 1 aromatic heterocycles. The van der Waals surface area contributed by atoms with Crippen molar-refractivity contribution in [2.75, 3.05) is 11.9 Å². The number of nitrogens with one attached hydrogen (secondary N) is 1. The monoisotopic (exact) mass is 258 g/mol. The highest BCUT2D eigenvalue weighted by Crippen LogP contribution is 2.30. The molecule has 3 rings (SSSR count). The third-order valence-electron chi connectivity index (χ3n) is 2.93. The number of aromatic nitrogens is 1. The number of hydrogen-bond acceptors (Lipinski definition) is 3. The molecular formula is C14H13N3O2. The Balaban J connectivity index is 1.92. The first-order chi connectivity index (χ1) is 10.4. The fraction of sp³-hybridized carbons (Fsp3) is 0.143. The molecule has 5 nitrogen and oxygen atoms in total. The first kappa shape index (κ1) is 8.53. The van der Waals surface area contributed by atoms with Crippen molar-refractivity contribution in [1.29, 1.82) is 0 Å². The minimum atomic E-state index is -2.50. The molecule has 1 aromatic carbocycles. The maximum absolute atomic E-state index is 12.1. The fourth-order valence-corrected chi connectivity index (χ4v) is 2.02. The number of pyridine rings is 1. The summed E-state index contributed by atoms with van der Waals surface area (Å²) in [7, 11) is -2.50. The van der Waals surface area contributed by atoms with Crippen molar-refractivity contribution in [3.8, 4) is 5.75 Å². The highest BCUT2D eigenvalue weighted by molar-refractivity contribution is 6.00. The van der Waals surface area contributed by atoms with Crippen LogP contribution in [-0.2, 0) is 6.54 Å². The predicted octanol–water partition coefficient (Wildman–Crippen LogP) is 2.45. The minimum Gasteiger partial charge on any atom is -0.497 e. The van der Waals surface area contributed by atoms with Crippen LogP contribution in [0.15, 0.2) is 42.6 Å². The van der Waals surface area contributed by atoms with Crippen LogP contribution in [0.1, 0.15) is 9.68 Å². The Kier molecular flexibility index (Phi) is 2.07. The van der Waals surface area contributed by atoms with Crippen LogP contribution in [0.4, 0.5) is 16.3 Å². The van der Waals surface area contributed by atoms with Gasteiger partial charge in [-0.2, -0.15) is 0 Å². The Bertz CT molecular complexity index is 701. The number of urea groups is 1. The molecule has 0 fully saturated rings. The van der Waals surface area contributed by atoms with E-state index in [4.69, 9.17) is 8.85 Å². The van der Waals surface area contributed by atoms with Gasteiger partial charge in [-0.1, -0.05) is 6.07 Å². The van der Waals surface area contributed by atoms with Gasteiger partial charge in [0, 0.05) is 18.3 Å². The van der Waals surface area contributed by atoms with Gasteiger partial charge in [-0.05, 0) is 30.3 Å². The van der Waals surface area contributed by atoms with E-state index >= 15 is 0 Å². The molecule has 0 spiro atoms. The van der Waals surface area contributed by atoms with Gasteiger partial charge in [0.2, 0.25) is 0 Å². The lowest BCUT2D eigenvalue weighted by molar-refractivity contribution is 0.247. The summed E-state index contributed by atoms with van der Waals surface area (Å²) < 4.78 is 26.0. The number of benzene rings is 1. The highest BCUT2D eigenvalue weighted by atomic mass is 16.5. The normalized spacial score (nSPS) is 16.7. The van der Waals surface area contributed by atoms with E-state index in [9.17, 15) is 4.79 Å². The van der Waals surface area contributed by atoms with Crippen molar-refractivity contribution >= 4 is 17.5 Å². The van der Waals surface area contributed by atoms with Crippen LogP contribution in [-0.4, -0.2) is 18.1 Å². The zero-order chi connectivity index (χ0) is 15.7. The van der Waals surface area contributed by atoms with Gasteiger partial charge in [-0.25, -0.2) is 14.7 Å². The van der Waals surface area contributed by atoms with Gasteiger partial charge < -0.3 is 10.1 Å². The van der Waals surface area contributed by atoms with Gasteiger partial charge in [0.05, 0.1) is 16.8 Å². The van der Waals surface area contributed by atoms with Gasteiger partial charge in [-0.15, -0.1) is 0 Å². The molecule has 0 aliphatic carbocycles. The smallest absolute Gasteiger partial charge is 0.327 e. The summed E-state index contributed by atoms with van der Waals surface area (Å²) in [4.78, 5) is 17.8. The minimum absolute atomic E-state index is 0.211. The number of ether oxygens (including phenoxy) is 1. The Hall–Kier alpha value is -2.56. The molecule has 2 aromatic rings. The molecule has 2 heterocycles. The van der Waals surface area contributed by atoms with E-state index in [0.717, 1.165) is 5.56 Å². The van der Waals surface area contributed by atoms with E-state index in [1.54, 1.807) is 18.3 Å². The summed E-state index contributed by atoms with van der Waals surface area (Å²) >= 11 is 0. The number of hydrogen-bond donors (Lipinski definition) is 1. The Morgan fingerprint density at radius 2 is 2.21 bits per heavy atom. The number of nitrogens with zero attached hydrogens (tertiary/aromatic N) is 2. The highest BCUT2D eigenvalue weighted by Gasteiger charge is 2.26. The largest absolute Gasteiger partial charge is 0.497 e. The lowest BCUT2D eigenvalue weighted by Gasteiger charge is -2.28. The van der Waals surface area contributed by atoms with E-state index in [0.29, 0.717) is 18.1 Å². The summed E-state index contributed by atoms with van der Waals surface area (Å²) in [5.74, 6) is 0.776. The van der Waals surface area contributed by atoms with Crippen LogP contribution in [0.3, 0.4) is 0 Å². The summed E-state index contributed by atoms with van der Waals surface area (Å²) in [6.07, 6.45) is 1.62. The number of fused-ring (bicyclic) bond motifs is 1. The number of amides is 2. The summed E-state index contributed by atoms with van der Waals surface area (Å²) in [6, 6.07) is 9.66. The number of methoxy groups -OCH3 is 1. The average molecular weight is 258 g/mol. The summed E-state index contributed by atoms with van der Waals surface area (Å²) in [5, 5.41) is 2.77. The second-order valence-electron chi connectivity index (χ2n) is 4.08. The van der Waals surface area contributed by atoms with Crippen molar-refractivity contribution < 1.29 is 13.6 Å². The van der Waals surface area contributed by atoms with Crippen LogP contribution in [0.5, 0.6) is 5.75 Å². The van der Waals surface area contributed by atoms with Crippen LogP contribution in [0.25, 0.3) is 0 Å². The number of carbonyl (C=O) groups is 1. The van der Waals surface area contributed by atoms with Gasteiger partial charge >= 0.3 is 6.03 Å². The van der Waals surface area contributed by atoms with Crippen LogP contribution >= 0.6 is 0 Å². The predicted molar refractivity (Wildman–Crippen MR) is 71.6 cm³/mol. The van der Waals surface area contributed by atoms with E-state index in [-0.39, 0.29) is 11.8 Å². The molecule has 96 valence electrons. The van der Waals surface area contributed by atoms with Crippen molar-refractivity contribution in [2.24, 2.45) is 0 Å². The summed E-state index contributed by atoms with van der Waals surface area (Å²) in [5.41, 5.74) is 1.49. The zero-order valence-electron chi connectivity index (χ0n) is 13.0. The van der Waals surface area contributed by atoms with Crippen molar-refractivity contribution in [3.63, 3.8) is 0 Å². The molecule has 19 heavy (non-hydrogen) atoms. The van der Waals surface area contributed by atoms with E-state index in [2.05, 4.69) is 10.3 Å². The Morgan fingerprint density at radius 3 is 3.00 bits per heavy atom. The fourth-order valence-electron chi connectivity index (χ4n) is 2.02. The van der Waals surface area contributed by atoms with E-state index < -0.39 is 7.04 Å². The van der Waals surface area contributed by atoms with Crippen molar-refractivity contribution in [2.45, 2.75) is 6.54 Å². The maximum Gasteiger partial charge on any atom is 0.327 e. The molecular weight excluding hydrogens is 242 g/mol. The Labute approximate surface area is 115 Å². The third-order valence-corrected chi connectivity index (χ3v) is 2.93. The molecule has 0 saturated carbocycles. The van der Waals surface area contributed by atoms with Crippen molar-refractivity contribution in [3.05, 3.63) is 48.2 Å². The van der Waals surface area contributed by atoms with Crippen LogP contribution in [0.2, 0.25) is 0 Å². The number of carbonyl (C=O) groups excluding carboxylic acids is 1. The molecule has 1 aliphatic heterocycles. The van der Waals surface area contributed by atoms with Crippen molar-refractivity contribution in [1.82, 2.24) is 10.3 Å². The molecule has 0 radical (unpaired) electrons. The van der Waals surface area contributed by atoms with Crippen LogP contribution < -0.4 is 15.0 Å². The lowest BCUT2D eigenvalue weighted by atomic mass is 10.2. The zero-order valence-corrected chi connectivity index (χ0v) is 9.96. The second kappa shape index (κ2) is 4.61. The lowest BCUT2D eigenvalue weighted by Crippen LogP contribution is -2.41. The van der Waals surface area contributed by atoms with Gasteiger partial charge in [0.1, 0.15) is 11.6 Å². The first-order valence-electron chi connectivity index (χ1n) is 7.25. The van der Waals surface area contributed by atoms with Gasteiger partial charge in [0.25, 0.3) is 0 Å². The summed E-state index contributed by atoms with van der Waals surface area (Å²) in [6.45, 7) is 0.429. The first-order valence-corrected chi connectivity index (χ1v) is 5.75. The molecule has 0 unspecified atom stereocenters. The molecule has 0 bridgehead atoms. The van der Waals surface area contributed by atoms with Gasteiger partial charge in [0.15, 0.2) is 0 Å². The molecule has 1 N–H and O–H groups in total. The number of anilines is 2. The van der Waals surface area contributed by atoms with Gasteiger partial charge in [-0.3, -0.25) is 0 Å². The second-order valence-corrected chi connectivity index (χ2v) is 4.08. The molecule has 0 atom stereocenters. The standard InChI is InChI=1S/C14H13N3O2/c1-19-12-6-4-11(5-7-12)17-13-10(3-2-8-15-13)9-16-14(17)18/h2-8H,9H2,1H3,(H,16,18)/i1D3. The SMILES string of the molecule is [2H]C([2H])([2H])Oc1ccc(N2C(=O)NCc3cccnc32)cc1.